The van der Waals surface area contributed by atoms with Crippen LogP contribution in [0.25, 0.3) is 99.1 Å². The third-order valence-corrected chi connectivity index (χ3v) is 15.4. The average Bonchev–Trinajstić information content (AvgIpc) is 3.66. The van der Waals surface area contributed by atoms with Crippen molar-refractivity contribution < 1.29 is 0 Å². The van der Waals surface area contributed by atoms with Crippen LogP contribution in [-0.4, -0.2) is 0 Å². The lowest BCUT2D eigenvalue weighted by Gasteiger charge is -2.32. The van der Waals surface area contributed by atoms with Gasteiger partial charge in [0.15, 0.2) is 0 Å². The molecule has 0 saturated heterocycles. The zero-order chi connectivity index (χ0) is 51.8. The smallest absolute Gasteiger partial charge is 0.0547 e. The van der Waals surface area contributed by atoms with E-state index in [0.29, 0.717) is 0 Å². The first kappa shape index (κ1) is 46.3. The Morgan fingerprint density at radius 3 is 0.756 bits per heavy atom. The fourth-order valence-electron chi connectivity index (χ4n) is 11.8. The SMILES string of the molecule is c1ccc(-c2ccc(-c3ccccc3)c(N(c3ccccc3)c3cc(-c4ccccc4)c4ccc5c(N(c6ccccc6)c6cc(-c7ccccc7)ccc6-c6ccccc6)cc(-c6ccccc6)c6ccc3c4c65)c2)cc1. The van der Waals surface area contributed by atoms with E-state index in [2.05, 4.69) is 325 Å². The fourth-order valence-corrected chi connectivity index (χ4v) is 11.8. The zero-order valence-electron chi connectivity index (χ0n) is 42.9. The third-order valence-electron chi connectivity index (χ3n) is 15.4. The van der Waals surface area contributed by atoms with Gasteiger partial charge in [0.25, 0.3) is 0 Å². The summed E-state index contributed by atoms with van der Waals surface area (Å²) in [5, 5.41) is 7.16. The highest BCUT2D eigenvalue weighted by Gasteiger charge is 2.28. The van der Waals surface area contributed by atoms with E-state index < -0.39 is 0 Å². The summed E-state index contributed by atoms with van der Waals surface area (Å²) in [6, 6.07) is 115. The maximum Gasteiger partial charge on any atom is 0.0547 e. The zero-order valence-corrected chi connectivity index (χ0v) is 42.9. The van der Waals surface area contributed by atoms with Gasteiger partial charge in [-0.1, -0.05) is 267 Å². The van der Waals surface area contributed by atoms with Crippen LogP contribution < -0.4 is 9.80 Å². The molecule has 2 nitrogen and oxygen atoms in total. The quantitative estimate of drug-likeness (QED) is 0.113. The lowest BCUT2D eigenvalue weighted by molar-refractivity contribution is 1.30. The van der Waals surface area contributed by atoms with Crippen LogP contribution in [0.15, 0.2) is 315 Å². The number of hydrogen-bond acceptors (Lipinski definition) is 2. The molecule has 0 fully saturated rings. The number of benzene rings is 14. The first-order valence-corrected chi connectivity index (χ1v) is 26.8. The fraction of sp³-hybridized carbons (Fsp3) is 0. The highest BCUT2D eigenvalue weighted by Crippen LogP contribution is 2.54. The Morgan fingerprint density at radius 1 is 0.167 bits per heavy atom. The molecule has 78 heavy (non-hydrogen) atoms. The summed E-state index contributed by atoms with van der Waals surface area (Å²) in [7, 11) is 0. The Hall–Kier alpha value is -10.3. The van der Waals surface area contributed by atoms with Crippen LogP contribution in [0.2, 0.25) is 0 Å². The molecular formula is C76H52N2. The van der Waals surface area contributed by atoms with Gasteiger partial charge in [0.2, 0.25) is 0 Å². The minimum Gasteiger partial charge on any atom is -0.309 e. The molecule has 0 atom stereocenters. The third kappa shape index (κ3) is 8.34. The van der Waals surface area contributed by atoms with Gasteiger partial charge in [0, 0.05) is 44.0 Å². The second kappa shape index (κ2) is 20.1. The minimum atomic E-state index is 1.07. The maximum atomic E-state index is 2.52. The Balaban J connectivity index is 1.13. The van der Waals surface area contributed by atoms with Crippen LogP contribution in [0.1, 0.15) is 0 Å². The minimum absolute atomic E-state index is 1.07. The Bertz CT molecular complexity index is 4090. The largest absolute Gasteiger partial charge is 0.309 e. The molecule has 14 aromatic carbocycles. The Morgan fingerprint density at radius 2 is 0.436 bits per heavy atom. The molecular weight excluding hydrogens is 941 g/mol. The van der Waals surface area contributed by atoms with E-state index in [4.69, 9.17) is 0 Å². The van der Waals surface area contributed by atoms with Gasteiger partial charge in [-0.15, -0.1) is 0 Å². The predicted octanol–water partition coefficient (Wildman–Crippen LogP) is 21.5. The van der Waals surface area contributed by atoms with Crippen molar-refractivity contribution in [2.75, 3.05) is 9.80 Å². The molecule has 0 heterocycles. The summed E-state index contributed by atoms with van der Waals surface area (Å²) < 4.78 is 0. The molecule has 0 spiro atoms. The molecule has 0 aliphatic rings. The standard InChI is InChI=1S/C76H52N2/c1-9-25-53(26-10-1)59-41-43-63(55-29-13-3-14-30-55)71(49-59)77(61-37-21-7-22-38-61)73-51-69(57-33-17-5-18-34-57)65-46-48-68-74(52-70(58-35-19-6-20-36-58)66-45-47-67(73)75(65)76(66)68)78(62-39-23-8-24-40-62)72-50-60(54-27-11-2-12-28-54)42-44-64(72)56-31-15-4-16-32-56/h1-52H. The van der Waals surface area contributed by atoms with Gasteiger partial charge in [-0.2, -0.15) is 0 Å². The Labute approximate surface area is 456 Å². The summed E-state index contributed by atoms with van der Waals surface area (Å²) in [5.41, 5.74) is 20.4. The second-order valence-corrected chi connectivity index (χ2v) is 20.0. The average molecular weight is 993 g/mol. The Kier molecular flexibility index (Phi) is 11.9. The summed E-state index contributed by atoms with van der Waals surface area (Å²) in [6.45, 7) is 0. The maximum absolute atomic E-state index is 2.52. The van der Waals surface area contributed by atoms with E-state index in [-0.39, 0.29) is 0 Å². The molecule has 2 heteroatoms. The van der Waals surface area contributed by atoms with Crippen LogP contribution in [0.5, 0.6) is 0 Å². The van der Waals surface area contributed by atoms with Gasteiger partial charge in [-0.3, -0.25) is 0 Å². The molecule has 0 aromatic heterocycles. The van der Waals surface area contributed by atoms with E-state index in [1.165, 1.54) is 43.8 Å². The molecule has 0 amide bonds. The number of nitrogens with zero attached hydrogens (tertiary/aromatic N) is 2. The molecule has 0 radical (unpaired) electrons. The van der Waals surface area contributed by atoms with Gasteiger partial charge in [-0.05, 0) is 115 Å². The normalized spacial score (nSPS) is 11.3. The number of rotatable bonds is 12. The van der Waals surface area contributed by atoms with E-state index in [9.17, 15) is 0 Å². The number of para-hydroxylation sites is 2. The molecule has 14 aromatic rings. The lowest BCUT2D eigenvalue weighted by Crippen LogP contribution is -2.13. The second-order valence-electron chi connectivity index (χ2n) is 20.0. The van der Waals surface area contributed by atoms with E-state index in [0.717, 1.165) is 89.4 Å². The van der Waals surface area contributed by atoms with Crippen molar-refractivity contribution in [2.24, 2.45) is 0 Å². The van der Waals surface area contributed by atoms with E-state index in [1.54, 1.807) is 0 Å². The lowest BCUT2D eigenvalue weighted by atomic mass is 9.85. The molecule has 366 valence electrons. The van der Waals surface area contributed by atoms with E-state index >= 15 is 0 Å². The molecule has 0 aliphatic carbocycles. The van der Waals surface area contributed by atoms with Crippen LogP contribution in [0, 0.1) is 0 Å². The summed E-state index contributed by atoms with van der Waals surface area (Å²) in [6.07, 6.45) is 0. The molecule has 0 N–H and O–H groups in total. The summed E-state index contributed by atoms with van der Waals surface area (Å²) >= 11 is 0. The van der Waals surface area contributed by atoms with Crippen molar-refractivity contribution in [1.82, 2.24) is 0 Å². The summed E-state index contributed by atoms with van der Waals surface area (Å²) in [5.74, 6) is 0. The molecule has 0 saturated carbocycles. The van der Waals surface area contributed by atoms with Crippen molar-refractivity contribution in [2.45, 2.75) is 0 Å². The molecule has 0 aliphatic heterocycles. The van der Waals surface area contributed by atoms with Crippen molar-refractivity contribution in [3.05, 3.63) is 315 Å². The first-order chi connectivity index (χ1) is 38.7. The van der Waals surface area contributed by atoms with Gasteiger partial charge in [-0.25, -0.2) is 0 Å². The van der Waals surface area contributed by atoms with Crippen molar-refractivity contribution in [1.29, 1.82) is 0 Å². The predicted molar refractivity (Wildman–Crippen MR) is 332 cm³/mol. The highest BCUT2D eigenvalue weighted by molar-refractivity contribution is 6.32. The first-order valence-electron chi connectivity index (χ1n) is 26.8. The van der Waals surface area contributed by atoms with Crippen LogP contribution >= 0.6 is 0 Å². The van der Waals surface area contributed by atoms with Gasteiger partial charge in [0.1, 0.15) is 0 Å². The number of anilines is 6. The van der Waals surface area contributed by atoms with Crippen LogP contribution in [0.4, 0.5) is 34.1 Å². The van der Waals surface area contributed by atoms with E-state index in [1.807, 2.05) is 0 Å². The molecule has 0 unspecified atom stereocenters. The monoisotopic (exact) mass is 992 g/mol. The van der Waals surface area contributed by atoms with Gasteiger partial charge in [0.05, 0.1) is 22.7 Å². The van der Waals surface area contributed by atoms with Crippen molar-refractivity contribution in [3.63, 3.8) is 0 Å². The summed E-state index contributed by atoms with van der Waals surface area (Å²) in [4.78, 5) is 5.03. The number of hydrogen-bond donors (Lipinski definition) is 0. The topological polar surface area (TPSA) is 6.48 Å². The van der Waals surface area contributed by atoms with Gasteiger partial charge >= 0.3 is 0 Å². The highest BCUT2D eigenvalue weighted by atomic mass is 15.2. The van der Waals surface area contributed by atoms with Crippen molar-refractivity contribution >= 4 is 66.4 Å². The van der Waals surface area contributed by atoms with Crippen LogP contribution in [0.3, 0.4) is 0 Å². The molecule has 0 bridgehead atoms. The van der Waals surface area contributed by atoms with Gasteiger partial charge < -0.3 is 9.80 Å². The molecule has 14 rings (SSSR count). The van der Waals surface area contributed by atoms with Crippen molar-refractivity contribution in [3.8, 4) is 66.8 Å². The van der Waals surface area contributed by atoms with Crippen LogP contribution in [-0.2, 0) is 0 Å².